The van der Waals surface area contributed by atoms with Crippen LogP contribution in [0.2, 0.25) is 0 Å². The van der Waals surface area contributed by atoms with Gasteiger partial charge in [0, 0.05) is 19.8 Å². The van der Waals surface area contributed by atoms with Crippen molar-refractivity contribution in [1.82, 2.24) is 4.31 Å². The first-order valence-corrected chi connectivity index (χ1v) is 9.01. The van der Waals surface area contributed by atoms with Crippen molar-refractivity contribution in [1.29, 1.82) is 0 Å². The molecule has 0 aliphatic heterocycles. The largest absolute Gasteiger partial charge is 0.748 e. The first-order chi connectivity index (χ1) is 7.45. The van der Waals surface area contributed by atoms with Crippen LogP contribution in [-0.2, 0) is 34.2 Å². The highest BCUT2D eigenvalue weighted by Crippen LogP contribution is 2.03. The number of rotatable bonds is 5. The molecule has 0 spiro atoms. The monoisotopic (exact) mass is 309 g/mol. The molecule has 0 heterocycles. The molecule has 1 unspecified atom stereocenters. The summed E-state index contributed by atoms with van der Waals surface area (Å²) in [5.74, 6) is -0.243. The Hall–Kier alpha value is -0.200. The van der Waals surface area contributed by atoms with Crippen LogP contribution >= 0.6 is 0 Å². The van der Waals surface area contributed by atoms with Gasteiger partial charge in [0.05, 0.1) is 10.1 Å². The molecule has 0 aliphatic carbocycles. The van der Waals surface area contributed by atoms with Crippen LogP contribution in [0.3, 0.4) is 0 Å². The van der Waals surface area contributed by atoms with Crippen LogP contribution in [0.15, 0.2) is 0 Å². The Morgan fingerprint density at radius 2 is 1.71 bits per heavy atom. The van der Waals surface area contributed by atoms with Crippen LogP contribution in [-0.4, -0.2) is 55.7 Å². The molecule has 0 aromatic heterocycles. The molecule has 0 saturated carbocycles. The highest BCUT2D eigenvalue weighted by atomic mass is 33.2. The fraction of sp³-hybridized carbons (Fsp3) is 0.833. The summed E-state index contributed by atoms with van der Waals surface area (Å²) < 4.78 is 59.1. The fourth-order valence-corrected chi connectivity index (χ4v) is 3.15. The molecule has 8 nitrogen and oxygen atoms in total. The Balaban J connectivity index is 0. The average molecular weight is 309 g/mol. The Bertz CT molecular complexity index is 413. The molecule has 1 atom stereocenters. The van der Waals surface area contributed by atoms with Gasteiger partial charge in [0.1, 0.15) is 0 Å². The summed E-state index contributed by atoms with van der Waals surface area (Å²) >= 11 is 0. The fourth-order valence-electron chi connectivity index (χ4n) is 0.574. The summed E-state index contributed by atoms with van der Waals surface area (Å²) in [5.41, 5.74) is 0.190. The smallest absolute Gasteiger partial charge is 0.475 e. The van der Waals surface area contributed by atoms with E-state index in [4.69, 9.17) is 4.55 Å². The summed E-state index contributed by atoms with van der Waals surface area (Å²) in [6.45, 7) is 1.65. The molecular weight excluding hydrogens is 294 g/mol. The lowest BCUT2D eigenvalue weighted by atomic mass is 10.6. The second-order valence-corrected chi connectivity index (χ2v) is 9.02. The number of carbonyl (C=O) groups excluding carboxylic acids is 1. The lowest BCUT2D eigenvalue weighted by molar-refractivity contribution is 0.462. The summed E-state index contributed by atoms with van der Waals surface area (Å²) in [7, 11) is -7.08. The molecule has 0 aromatic carbocycles. The summed E-state index contributed by atoms with van der Waals surface area (Å²) in [6.07, 6.45) is 0.409. The minimum atomic E-state index is -4.23. The van der Waals surface area contributed by atoms with E-state index in [0.717, 1.165) is 4.31 Å². The van der Waals surface area contributed by atoms with E-state index >= 15 is 0 Å². The van der Waals surface area contributed by atoms with Gasteiger partial charge in [0.25, 0.3) is 0 Å². The molecule has 0 fully saturated rings. The Labute approximate surface area is 103 Å². The first kappa shape index (κ1) is 19.1. The van der Waals surface area contributed by atoms with E-state index in [-0.39, 0.29) is 11.4 Å². The van der Waals surface area contributed by atoms with E-state index in [1.165, 1.54) is 14.1 Å². The third-order valence-corrected chi connectivity index (χ3v) is 5.76. The predicted molar refractivity (Wildman–Crippen MR) is 64.2 cm³/mol. The van der Waals surface area contributed by atoms with Crippen LogP contribution < -0.4 is 0 Å². The van der Waals surface area contributed by atoms with Gasteiger partial charge in [-0.15, -0.1) is 12.7 Å². The van der Waals surface area contributed by atoms with E-state index in [1.54, 1.807) is 6.92 Å². The van der Waals surface area contributed by atoms with Crippen LogP contribution in [0.4, 0.5) is 0 Å². The van der Waals surface area contributed by atoms with E-state index in [1.807, 2.05) is 0 Å². The van der Waals surface area contributed by atoms with Gasteiger partial charge in [-0.05, 0) is 6.42 Å². The normalized spacial score (nSPS) is 13.8. The van der Waals surface area contributed by atoms with Crippen molar-refractivity contribution in [2.75, 3.05) is 19.8 Å². The Morgan fingerprint density at radius 3 is 1.71 bits per heavy atom. The van der Waals surface area contributed by atoms with Crippen LogP contribution in [0.1, 0.15) is 13.3 Å². The lowest BCUT2D eigenvalue weighted by Gasteiger charge is -2.00. The van der Waals surface area contributed by atoms with Gasteiger partial charge in [-0.2, -0.15) is 0 Å². The maximum Gasteiger partial charge on any atom is 0.475 e. The van der Waals surface area contributed by atoms with Crippen molar-refractivity contribution >= 4 is 35.0 Å². The molecule has 0 aromatic rings. The van der Waals surface area contributed by atoms with E-state index < -0.39 is 29.4 Å². The molecule has 11 heteroatoms. The van der Waals surface area contributed by atoms with Gasteiger partial charge in [-0.3, -0.25) is 0 Å². The van der Waals surface area contributed by atoms with E-state index in [2.05, 4.69) is 0 Å². The second kappa shape index (κ2) is 8.00. The average Bonchev–Trinajstić information content (AvgIpc) is 1.99. The molecule has 104 valence electrons. The molecule has 0 radical (unpaired) electrons. The summed E-state index contributed by atoms with van der Waals surface area (Å²) in [6, 6.07) is 0. The molecule has 0 amide bonds. The molecule has 0 bridgehead atoms. The highest BCUT2D eigenvalue weighted by Gasteiger charge is 2.37. The number of hydrogen-bond acceptors (Lipinski definition) is 7. The van der Waals surface area contributed by atoms with Gasteiger partial charge in [0.2, 0.25) is 0 Å². The lowest BCUT2D eigenvalue weighted by Crippen LogP contribution is -2.30. The highest BCUT2D eigenvalue weighted by molar-refractivity contribution is 8.71. The van der Waals surface area contributed by atoms with Crippen LogP contribution in [0.25, 0.3) is 0 Å². The van der Waals surface area contributed by atoms with Gasteiger partial charge >= 0.3 is 24.9 Å². The van der Waals surface area contributed by atoms with E-state index in [0.29, 0.717) is 6.42 Å². The second-order valence-electron chi connectivity index (χ2n) is 2.87. The maximum atomic E-state index is 10.3. The van der Waals surface area contributed by atoms with Crippen LogP contribution in [0, 0.1) is 0 Å². The number of nitrogens with zero attached hydrogens (tertiary/aromatic N) is 1. The molecule has 1 N–H and O–H groups in total. The third kappa shape index (κ3) is 12.1. The van der Waals surface area contributed by atoms with Crippen molar-refractivity contribution in [2.24, 2.45) is 0 Å². The summed E-state index contributed by atoms with van der Waals surface area (Å²) in [5, 5.41) is 0. The molecule has 17 heavy (non-hydrogen) atoms. The third-order valence-electron chi connectivity index (χ3n) is 1.11. The van der Waals surface area contributed by atoms with Crippen LogP contribution in [0.5, 0.6) is 0 Å². The van der Waals surface area contributed by atoms with Crippen molar-refractivity contribution in [3.8, 4) is 0 Å². The number of carbonyl (C=O) groups is 1. The van der Waals surface area contributed by atoms with Gasteiger partial charge in [0.15, 0.2) is 0 Å². The van der Waals surface area contributed by atoms with Crippen molar-refractivity contribution < 1.29 is 30.7 Å². The molecule has 0 saturated heterocycles. The minimum Gasteiger partial charge on any atom is -0.748 e. The summed E-state index contributed by atoms with van der Waals surface area (Å²) in [4.78, 5) is 10.0. The van der Waals surface area contributed by atoms with Gasteiger partial charge in [-0.25, -0.2) is 17.8 Å². The maximum absolute atomic E-state index is 10.3. The quantitative estimate of drug-likeness (QED) is 0.296. The van der Waals surface area contributed by atoms with Gasteiger partial charge < -0.3 is 4.55 Å². The standard InChI is InChI=1S/C3H7NO4S2.C3H8O3S/c1-4(2)9(3-5)10(6,7)8;1-2-3-7(4,5)6/h3H,1-2H3;2-3H2,1H3,(H,4,5,6). The van der Waals surface area contributed by atoms with Crippen molar-refractivity contribution in [2.45, 2.75) is 13.3 Å². The molecular formula is C6H15NO7S3. The topological polar surface area (TPSA) is 132 Å². The zero-order valence-electron chi connectivity index (χ0n) is 9.56. The molecule has 0 rings (SSSR count). The minimum absolute atomic E-state index is 0.190. The first-order valence-electron chi connectivity index (χ1n) is 4.23. The zero-order chi connectivity index (χ0) is 14.3. The van der Waals surface area contributed by atoms with Crippen molar-refractivity contribution in [3.05, 3.63) is 0 Å². The number of hydrogen-bond donors (Lipinski definition) is 1. The van der Waals surface area contributed by atoms with Gasteiger partial charge in [-0.1, -0.05) is 6.92 Å². The predicted octanol–water partition coefficient (Wildman–Crippen LogP) is -0.984. The Kier molecular flexibility index (Phi) is 9.01. The van der Waals surface area contributed by atoms with Crippen molar-refractivity contribution in [3.63, 3.8) is 0 Å². The Morgan fingerprint density at radius 1 is 1.29 bits per heavy atom. The SMILES string of the molecule is CCCS(=O)(=O)[O-].CN(C)[S+](C=O)S(=O)(=O)O. The zero-order valence-corrected chi connectivity index (χ0v) is 12.0. The van der Waals surface area contributed by atoms with E-state index in [9.17, 15) is 26.2 Å². The molecule has 0 aliphatic rings.